The van der Waals surface area contributed by atoms with E-state index in [0.717, 1.165) is 16.0 Å². The van der Waals surface area contributed by atoms with Crippen molar-refractivity contribution in [3.8, 4) is 0 Å². The Bertz CT molecular complexity index is 962. The molecule has 1 atom stereocenters. The zero-order chi connectivity index (χ0) is 20.5. The number of rotatable bonds is 5. The summed E-state index contributed by atoms with van der Waals surface area (Å²) in [6.07, 6.45) is 0. The Morgan fingerprint density at radius 1 is 1.21 bits per heavy atom. The van der Waals surface area contributed by atoms with Gasteiger partial charge in [0.1, 0.15) is 5.76 Å². The molecule has 1 aliphatic rings. The number of carbonyl (C=O) groups is 1. The fourth-order valence-electron chi connectivity index (χ4n) is 3.42. The molecule has 1 saturated heterocycles. The highest BCUT2D eigenvalue weighted by atomic mass is 32.2. The summed E-state index contributed by atoms with van der Waals surface area (Å²) in [5.74, 6) is 0.861. The Morgan fingerprint density at radius 2 is 1.89 bits per heavy atom. The minimum atomic E-state index is -3.53. The highest BCUT2D eigenvalue weighted by Gasteiger charge is 2.35. The lowest BCUT2D eigenvalue weighted by Crippen LogP contribution is -3.19. The number of nitrogens with one attached hydrogen (secondary N) is 2. The average molecular weight is 408 g/mol. The van der Waals surface area contributed by atoms with Crippen LogP contribution < -0.4 is 10.2 Å². The van der Waals surface area contributed by atoms with Crippen LogP contribution in [0.5, 0.6) is 0 Å². The summed E-state index contributed by atoms with van der Waals surface area (Å²) >= 11 is 0. The Kier molecular flexibility index (Phi) is 5.87. The fourth-order valence-corrected chi connectivity index (χ4v) is 5.17. The number of piperazine rings is 1. The molecule has 1 aliphatic heterocycles. The molecule has 2 aromatic rings. The predicted octanol–water partition coefficient (Wildman–Crippen LogP) is 0.516. The summed E-state index contributed by atoms with van der Waals surface area (Å²) in [6.45, 7) is 9.19. The number of amides is 1. The van der Waals surface area contributed by atoms with Gasteiger partial charge in [-0.3, -0.25) is 4.79 Å². The van der Waals surface area contributed by atoms with E-state index in [2.05, 4.69) is 10.5 Å². The number of nitrogens with zero attached hydrogens (tertiary/aromatic N) is 2. The monoisotopic (exact) mass is 407 g/mol. The summed E-state index contributed by atoms with van der Waals surface area (Å²) in [7, 11) is -3.53. The Balaban J connectivity index is 1.63. The number of quaternary nitrogens is 1. The van der Waals surface area contributed by atoms with Gasteiger partial charge < -0.3 is 14.7 Å². The van der Waals surface area contributed by atoms with Crippen LogP contribution in [-0.4, -0.2) is 56.0 Å². The number of aromatic nitrogens is 1. The highest BCUT2D eigenvalue weighted by molar-refractivity contribution is 7.89. The van der Waals surface area contributed by atoms with E-state index in [1.54, 1.807) is 19.1 Å². The molecule has 1 aromatic carbocycles. The Morgan fingerprint density at radius 3 is 2.50 bits per heavy atom. The molecule has 1 fully saturated rings. The zero-order valence-corrected chi connectivity index (χ0v) is 17.5. The molecule has 0 radical (unpaired) electrons. The van der Waals surface area contributed by atoms with Crippen LogP contribution in [0.1, 0.15) is 23.8 Å². The number of anilines is 1. The summed E-state index contributed by atoms with van der Waals surface area (Å²) in [5.41, 5.74) is 1.66. The van der Waals surface area contributed by atoms with Crippen LogP contribution in [0.3, 0.4) is 0 Å². The van der Waals surface area contributed by atoms with Crippen molar-refractivity contribution in [1.82, 2.24) is 9.46 Å². The first-order chi connectivity index (χ1) is 13.2. The maximum atomic E-state index is 13.0. The van der Waals surface area contributed by atoms with E-state index in [-0.39, 0.29) is 11.9 Å². The van der Waals surface area contributed by atoms with Gasteiger partial charge in [0.25, 0.3) is 5.91 Å². The molecule has 152 valence electrons. The number of hydrogen-bond donors (Lipinski definition) is 2. The smallest absolute Gasteiger partial charge is 0.283 e. The summed E-state index contributed by atoms with van der Waals surface area (Å²) < 4.78 is 32.5. The second-order valence-electron chi connectivity index (χ2n) is 7.37. The molecular formula is C19H27N4O4S+. The SMILES string of the molecule is Cc1ccc(C)c(S(=O)(=O)N2CC[NH+]([C@@H](C)C(=O)Nc3cc(C)on3)CC2)c1. The van der Waals surface area contributed by atoms with Crippen molar-refractivity contribution in [1.29, 1.82) is 0 Å². The van der Waals surface area contributed by atoms with Crippen molar-refractivity contribution < 1.29 is 22.6 Å². The molecule has 2 N–H and O–H groups in total. The molecule has 0 unspecified atom stereocenters. The predicted molar refractivity (Wildman–Crippen MR) is 105 cm³/mol. The van der Waals surface area contributed by atoms with Crippen LogP contribution in [0.25, 0.3) is 0 Å². The van der Waals surface area contributed by atoms with E-state index in [4.69, 9.17) is 4.52 Å². The first-order valence-corrected chi connectivity index (χ1v) is 10.8. The van der Waals surface area contributed by atoms with Gasteiger partial charge in [-0.1, -0.05) is 17.3 Å². The fraction of sp³-hybridized carbons (Fsp3) is 0.474. The minimum absolute atomic E-state index is 0.158. The first kappa shape index (κ1) is 20.5. The van der Waals surface area contributed by atoms with Crippen molar-refractivity contribution in [2.24, 2.45) is 0 Å². The second-order valence-corrected chi connectivity index (χ2v) is 9.27. The van der Waals surface area contributed by atoms with E-state index in [9.17, 15) is 13.2 Å². The third kappa shape index (κ3) is 4.26. The van der Waals surface area contributed by atoms with E-state index >= 15 is 0 Å². The molecular weight excluding hydrogens is 380 g/mol. The average Bonchev–Trinajstić information content (AvgIpc) is 3.07. The van der Waals surface area contributed by atoms with Gasteiger partial charge in [-0.15, -0.1) is 0 Å². The lowest BCUT2D eigenvalue weighted by atomic mass is 10.2. The van der Waals surface area contributed by atoms with E-state index in [1.165, 1.54) is 4.31 Å². The van der Waals surface area contributed by atoms with Gasteiger partial charge in [-0.2, -0.15) is 4.31 Å². The third-order valence-electron chi connectivity index (χ3n) is 5.21. The largest absolute Gasteiger partial charge is 0.360 e. The molecule has 1 aromatic heterocycles. The topological polar surface area (TPSA) is 97.0 Å². The first-order valence-electron chi connectivity index (χ1n) is 9.34. The van der Waals surface area contributed by atoms with Gasteiger partial charge in [0.15, 0.2) is 11.9 Å². The van der Waals surface area contributed by atoms with Crippen molar-refractivity contribution in [2.45, 2.75) is 38.6 Å². The maximum Gasteiger partial charge on any atom is 0.283 e. The van der Waals surface area contributed by atoms with Crippen LogP contribution in [0.2, 0.25) is 0 Å². The van der Waals surface area contributed by atoms with Crippen LogP contribution in [0.15, 0.2) is 33.7 Å². The molecule has 0 spiro atoms. The standard InChI is InChI=1S/C19H26N4O4S/c1-13-5-6-14(2)17(11-13)28(25,26)23-9-7-22(8-10-23)16(4)19(24)20-18-12-15(3)27-21-18/h5-6,11-12,16H,7-10H2,1-4H3,(H,20,21,24)/p+1/t16-/m0/s1. The van der Waals surface area contributed by atoms with Crippen molar-refractivity contribution in [3.05, 3.63) is 41.2 Å². The quantitative estimate of drug-likeness (QED) is 0.753. The Labute approximate surface area is 165 Å². The lowest BCUT2D eigenvalue weighted by molar-refractivity contribution is -0.917. The number of aryl methyl sites for hydroxylation is 3. The molecule has 28 heavy (non-hydrogen) atoms. The van der Waals surface area contributed by atoms with Gasteiger partial charge in [-0.05, 0) is 44.9 Å². The van der Waals surface area contributed by atoms with Crippen LogP contribution >= 0.6 is 0 Å². The van der Waals surface area contributed by atoms with Gasteiger partial charge in [0.2, 0.25) is 10.0 Å². The number of carbonyl (C=O) groups excluding carboxylic acids is 1. The maximum absolute atomic E-state index is 13.0. The van der Waals surface area contributed by atoms with Gasteiger partial charge in [0, 0.05) is 6.07 Å². The van der Waals surface area contributed by atoms with Crippen LogP contribution in [0.4, 0.5) is 5.82 Å². The number of benzene rings is 1. The van der Waals surface area contributed by atoms with Gasteiger partial charge >= 0.3 is 0 Å². The van der Waals surface area contributed by atoms with Crippen LogP contribution in [0, 0.1) is 20.8 Å². The van der Waals surface area contributed by atoms with Crippen molar-refractivity contribution >= 4 is 21.7 Å². The number of hydrogen-bond acceptors (Lipinski definition) is 5. The lowest BCUT2D eigenvalue weighted by Gasteiger charge is -2.34. The molecule has 0 bridgehead atoms. The van der Waals surface area contributed by atoms with E-state index < -0.39 is 10.0 Å². The molecule has 8 nitrogen and oxygen atoms in total. The van der Waals surface area contributed by atoms with E-state index in [0.29, 0.717) is 42.7 Å². The van der Waals surface area contributed by atoms with Gasteiger partial charge in [-0.25, -0.2) is 8.42 Å². The zero-order valence-electron chi connectivity index (χ0n) is 16.7. The molecule has 9 heteroatoms. The van der Waals surface area contributed by atoms with E-state index in [1.807, 2.05) is 32.9 Å². The van der Waals surface area contributed by atoms with Crippen molar-refractivity contribution in [3.63, 3.8) is 0 Å². The third-order valence-corrected chi connectivity index (χ3v) is 7.25. The van der Waals surface area contributed by atoms with Crippen molar-refractivity contribution in [2.75, 3.05) is 31.5 Å². The van der Waals surface area contributed by atoms with Gasteiger partial charge in [0.05, 0.1) is 31.1 Å². The molecule has 3 rings (SSSR count). The highest BCUT2D eigenvalue weighted by Crippen LogP contribution is 2.21. The number of sulfonamides is 1. The summed E-state index contributed by atoms with van der Waals surface area (Å²) in [5, 5.41) is 6.52. The molecule has 0 aliphatic carbocycles. The second kappa shape index (κ2) is 8.02. The molecule has 2 heterocycles. The minimum Gasteiger partial charge on any atom is -0.360 e. The summed E-state index contributed by atoms with van der Waals surface area (Å²) in [4.78, 5) is 13.9. The molecule has 0 saturated carbocycles. The summed E-state index contributed by atoms with van der Waals surface area (Å²) in [6, 6.07) is 6.81. The Hall–Kier alpha value is -2.23. The van der Waals surface area contributed by atoms with Crippen LogP contribution in [-0.2, 0) is 14.8 Å². The normalized spacial score (nSPS) is 17.4. The molecule has 1 amide bonds.